The molecule has 5 N–H and O–H groups in total. The number of methoxy groups -OCH3 is 1. The van der Waals surface area contributed by atoms with Crippen molar-refractivity contribution in [1.29, 1.82) is 0 Å². The number of halogens is 5. The fraction of sp³-hybridized carbons (Fsp3) is 0.273. The van der Waals surface area contributed by atoms with Crippen molar-refractivity contribution in [3.63, 3.8) is 0 Å². The number of amides is 3. The van der Waals surface area contributed by atoms with Crippen molar-refractivity contribution < 1.29 is 37.4 Å². The van der Waals surface area contributed by atoms with Gasteiger partial charge >= 0.3 is 24.3 Å². The van der Waals surface area contributed by atoms with Crippen LogP contribution in [-0.4, -0.2) is 59.5 Å². The SMILES string of the molecule is COC(=O)Nc1ccc(-c2nc([C@@H](Cc3ccccc3)NC(=O)NCc3cc(Cl)ccc3N3CCCC3)[nH]c2Cl)cc1.O=C(O)C(F)(F)F. The van der Waals surface area contributed by atoms with Crippen molar-refractivity contribution in [2.24, 2.45) is 0 Å². The number of ether oxygens (including phenoxy) is 1. The molecule has 1 saturated heterocycles. The van der Waals surface area contributed by atoms with Crippen LogP contribution in [0.4, 0.5) is 34.1 Å². The van der Waals surface area contributed by atoms with Gasteiger partial charge in [0.05, 0.1) is 13.2 Å². The zero-order chi connectivity index (χ0) is 35.6. The van der Waals surface area contributed by atoms with Crippen molar-refractivity contribution >= 4 is 52.7 Å². The Balaban J connectivity index is 0.000000698. The number of carbonyl (C=O) groups excluding carboxylic acids is 2. The van der Waals surface area contributed by atoms with E-state index in [1.54, 1.807) is 24.3 Å². The van der Waals surface area contributed by atoms with E-state index in [-0.39, 0.29) is 6.03 Å². The zero-order valence-corrected chi connectivity index (χ0v) is 27.6. The Morgan fingerprint density at radius 2 is 1.67 bits per heavy atom. The van der Waals surface area contributed by atoms with Crippen LogP contribution in [0.15, 0.2) is 72.8 Å². The minimum atomic E-state index is -5.08. The summed E-state index contributed by atoms with van der Waals surface area (Å²) in [6, 6.07) is 21.9. The summed E-state index contributed by atoms with van der Waals surface area (Å²) >= 11 is 12.9. The lowest BCUT2D eigenvalue weighted by Crippen LogP contribution is -2.39. The van der Waals surface area contributed by atoms with Crippen LogP contribution < -0.4 is 20.9 Å². The number of hydrogen-bond donors (Lipinski definition) is 5. The average Bonchev–Trinajstić information content (AvgIpc) is 3.74. The van der Waals surface area contributed by atoms with Gasteiger partial charge in [-0.05, 0) is 60.7 Å². The smallest absolute Gasteiger partial charge is 0.475 e. The first-order valence-corrected chi connectivity index (χ1v) is 15.7. The number of aromatic nitrogens is 2. The molecule has 0 unspecified atom stereocenters. The fourth-order valence-electron chi connectivity index (χ4n) is 5.02. The predicted octanol–water partition coefficient (Wildman–Crippen LogP) is 7.58. The van der Waals surface area contributed by atoms with E-state index in [1.165, 1.54) is 7.11 Å². The van der Waals surface area contributed by atoms with Gasteiger partial charge in [-0.15, -0.1) is 0 Å². The molecule has 1 aliphatic rings. The van der Waals surface area contributed by atoms with E-state index in [9.17, 15) is 22.8 Å². The number of anilines is 2. The Morgan fingerprint density at radius 3 is 2.29 bits per heavy atom. The molecule has 2 heterocycles. The van der Waals surface area contributed by atoms with Crippen LogP contribution in [0.3, 0.4) is 0 Å². The van der Waals surface area contributed by atoms with Crippen molar-refractivity contribution in [1.82, 2.24) is 20.6 Å². The topological polar surface area (TPSA) is 149 Å². The number of carboxylic acid groups (broad SMARTS) is 1. The number of urea groups is 1. The standard InChI is InChI=1S/C31H32Cl2N6O3.C2HF3O2/c1-42-31(41)35-24-12-9-21(10-13-24)27-28(33)38-29(37-27)25(17-20-7-3-2-4-8-20)36-30(40)34-19-22-18-23(32)11-14-26(22)39-15-5-6-16-39;3-2(4,5)1(6)7/h2-4,7-14,18,25H,5-6,15-17,19H2,1H3,(H,35,41)(H,37,38)(H2,34,36,40);(H,6,7)/t25-;/m1./s1. The molecule has 0 spiro atoms. The lowest BCUT2D eigenvalue weighted by Gasteiger charge is -2.22. The number of aliphatic carboxylic acids is 1. The number of carboxylic acids is 1. The average molecular weight is 722 g/mol. The number of alkyl halides is 3. The minimum Gasteiger partial charge on any atom is -0.475 e. The first kappa shape index (κ1) is 36.9. The maximum Gasteiger partial charge on any atom is 0.490 e. The summed E-state index contributed by atoms with van der Waals surface area (Å²) in [5.41, 5.74) is 4.94. The van der Waals surface area contributed by atoms with Gasteiger partial charge in [0.25, 0.3) is 0 Å². The number of nitrogens with zero attached hydrogens (tertiary/aromatic N) is 2. The van der Waals surface area contributed by atoms with Crippen molar-refractivity contribution in [3.8, 4) is 11.3 Å². The Bertz CT molecular complexity index is 1730. The molecule has 1 aromatic heterocycles. The minimum absolute atomic E-state index is 0.326. The highest BCUT2D eigenvalue weighted by Gasteiger charge is 2.38. The molecule has 3 amide bonds. The van der Waals surface area contributed by atoms with Crippen LogP contribution >= 0.6 is 23.2 Å². The van der Waals surface area contributed by atoms with Crippen LogP contribution in [-0.2, 0) is 22.5 Å². The molecule has 5 rings (SSSR count). The number of rotatable bonds is 9. The van der Waals surface area contributed by atoms with Crippen molar-refractivity contribution in [2.45, 2.75) is 38.0 Å². The van der Waals surface area contributed by atoms with Crippen LogP contribution in [0.25, 0.3) is 11.3 Å². The summed E-state index contributed by atoms with van der Waals surface area (Å²) in [6.45, 7) is 2.31. The summed E-state index contributed by atoms with van der Waals surface area (Å²) in [7, 11) is 1.30. The Hall–Kier alpha value is -4.95. The summed E-state index contributed by atoms with van der Waals surface area (Å²) in [5, 5.41) is 16.8. The maximum absolute atomic E-state index is 13.2. The van der Waals surface area contributed by atoms with Crippen LogP contribution in [0.2, 0.25) is 10.2 Å². The molecule has 0 saturated carbocycles. The number of H-pyrrole nitrogens is 1. The van der Waals surface area contributed by atoms with E-state index in [1.807, 2.05) is 48.5 Å². The molecular weight excluding hydrogens is 688 g/mol. The van der Waals surface area contributed by atoms with Gasteiger partial charge in [-0.2, -0.15) is 13.2 Å². The second-order valence-electron chi connectivity index (χ2n) is 10.8. The Kier molecular flexibility index (Phi) is 12.7. The van der Waals surface area contributed by atoms with Crippen molar-refractivity contribution in [3.05, 3.63) is 99.9 Å². The molecule has 0 radical (unpaired) electrons. The predicted molar refractivity (Wildman–Crippen MR) is 180 cm³/mol. The van der Waals surface area contributed by atoms with Crippen LogP contribution in [0, 0.1) is 0 Å². The van der Waals surface area contributed by atoms with E-state index in [0.717, 1.165) is 48.3 Å². The van der Waals surface area contributed by atoms with Gasteiger partial charge < -0.3 is 30.4 Å². The van der Waals surface area contributed by atoms with Gasteiger partial charge in [0.15, 0.2) is 0 Å². The van der Waals surface area contributed by atoms with Gasteiger partial charge in [-0.25, -0.2) is 19.4 Å². The molecular formula is C33H33Cl2F3N6O5. The highest BCUT2D eigenvalue weighted by Crippen LogP contribution is 2.30. The number of aromatic amines is 1. The fourth-order valence-corrected chi connectivity index (χ4v) is 5.46. The molecule has 3 aromatic carbocycles. The van der Waals surface area contributed by atoms with E-state index < -0.39 is 24.3 Å². The van der Waals surface area contributed by atoms with Gasteiger partial charge in [-0.3, -0.25) is 5.32 Å². The highest BCUT2D eigenvalue weighted by molar-refractivity contribution is 6.32. The molecule has 1 atom stereocenters. The van der Waals surface area contributed by atoms with Crippen LogP contribution in [0.5, 0.6) is 0 Å². The molecule has 4 aromatic rings. The van der Waals surface area contributed by atoms with Gasteiger partial charge in [0, 0.05) is 41.6 Å². The number of imidazole rings is 1. The quantitative estimate of drug-likeness (QED) is 0.120. The molecule has 11 nitrogen and oxygen atoms in total. The Morgan fingerprint density at radius 1 is 1.02 bits per heavy atom. The van der Waals surface area contributed by atoms with Gasteiger partial charge in [-0.1, -0.05) is 65.7 Å². The summed E-state index contributed by atoms with van der Waals surface area (Å²) in [5.74, 6) is -2.24. The van der Waals surface area contributed by atoms with E-state index >= 15 is 0 Å². The Labute approximate surface area is 289 Å². The molecule has 16 heteroatoms. The highest BCUT2D eigenvalue weighted by atomic mass is 35.5. The van der Waals surface area contributed by atoms with Gasteiger partial charge in [0.1, 0.15) is 16.7 Å². The van der Waals surface area contributed by atoms with E-state index in [4.69, 9.17) is 38.1 Å². The number of benzene rings is 3. The normalized spacial score (nSPS) is 13.1. The third-order valence-electron chi connectivity index (χ3n) is 7.36. The second-order valence-corrected chi connectivity index (χ2v) is 11.6. The molecule has 49 heavy (non-hydrogen) atoms. The van der Waals surface area contributed by atoms with E-state index in [2.05, 4.69) is 30.6 Å². The van der Waals surface area contributed by atoms with Crippen LogP contribution in [0.1, 0.15) is 35.8 Å². The molecule has 0 bridgehead atoms. The number of carbonyl (C=O) groups is 3. The molecule has 0 aliphatic carbocycles. The molecule has 260 valence electrons. The lowest BCUT2D eigenvalue weighted by atomic mass is 10.1. The third-order valence-corrected chi connectivity index (χ3v) is 7.86. The monoisotopic (exact) mass is 720 g/mol. The maximum atomic E-state index is 13.2. The molecule has 1 fully saturated rings. The summed E-state index contributed by atoms with van der Waals surface area (Å²) < 4.78 is 36.4. The summed E-state index contributed by atoms with van der Waals surface area (Å²) in [4.78, 5) is 43.9. The lowest BCUT2D eigenvalue weighted by molar-refractivity contribution is -0.192. The second kappa shape index (κ2) is 16.9. The summed E-state index contributed by atoms with van der Waals surface area (Å²) in [6.07, 6.45) is -2.84. The van der Waals surface area contributed by atoms with E-state index in [0.29, 0.717) is 40.3 Å². The number of hydrogen-bond acceptors (Lipinski definition) is 6. The first-order chi connectivity index (χ1) is 23.3. The molecule has 1 aliphatic heterocycles. The zero-order valence-electron chi connectivity index (χ0n) is 26.1. The van der Waals surface area contributed by atoms with Crippen molar-refractivity contribution in [2.75, 3.05) is 30.4 Å². The largest absolute Gasteiger partial charge is 0.490 e. The first-order valence-electron chi connectivity index (χ1n) is 15.0. The van der Waals surface area contributed by atoms with Gasteiger partial charge in [0.2, 0.25) is 0 Å². The third kappa shape index (κ3) is 10.8. The number of nitrogens with one attached hydrogen (secondary N) is 4.